The Morgan fingerprint density at radius 1 is 1.15 bits per heavy atom. The zero-order chi connectivity index (χ0) is 27.2. The minimum absolute atomic E-state index is 0.0886. The minimum Gasteiger partial charge on any atom is -0.379 e. The van der Waals surface area contributed by atoms with E-state index >= 15 is 0 Å². The Labute approximate surface area is 232 Å². The van der Waals surface area contributed by atoms with E-state index in [0.29, 0.717) is 50.0 Å². The van der Waals surface area contributed by atoms with Gasteiger partial charge in [-0.05, 0) is 30.4 Å². The number of rotatable bonds is 11. The molecule has 0 radical (unpaired) electrons. The molecule has 12 heteroatoms. The van der Waals surface area contributed by atoms with Crippen LogP contribution in [0.4, 0.5) is 4.39 Å². The zero-order valence-corrected chi connectivity index (χ0v) is 23.3. The van der Waals surface area contributed by atoms with Gasteiger partial charge in [-0.3, -0.25) is 9.69 Å². The first-order valence-electron chi connectivity index (χ1n) is 13.2. The van der Waals surface area contributed by atoms with E-state index in [4.69, 9.17) is 9.47 Å². The number of benzene rings is 1. The third-order valence-electron chi connectivity index (χ3n) is 7.06. The molecule has 0 bridgehead atoms. The minimum atomic E-state index is -3.98. The molecule has 2 aliphatic rings. The van der Waals surface area contributed by atoms with Gasteiger partial charge in [-0.1, -0.05) is 24.3 Å². The molecular weight excluding hydrogens is 543 g/mol. The van der Waals surface area contributed by atoms with E-state index in [-0.39, 0.29) is 29.3 Å². The van der Waals surface area contributed by atoms with Crippen molar-refractivity contribution in [3.05, 3.63) is 69.9 Å². The van der Waals surface area contributed by atoms with Crippen molar-refractivity contribution >= 4 is 27.1 Å². The van der Waals surface area contributed by atoms with Gasteiger partial charge in [0.1, 0.15) is 5.82 Å². The maximum Gasteiger partial charge on any atom is 0.264 e. The van der Waals surface area contributed by atoms with E-state index in [1.807, 2.05) is 11.4 Å². The van der Waals surface area contributed by atoms with Gasteiger partial charge in [-0.2, -0.15) is 0 Å². The van der Waals surface area contributed by atoms with Crippen LogP contribution in [0, 0.1) is 5.82 Å². The number of aromatic nitrogens is 2. The Morgan fingerprint density at radius 2 is 1.97 bits per heavy atom. The molecule has 0 unspecified atom stereocenters. The molecular formula is C27H33FN4O5S2. The Kier molecular flexibility index (Phi) is 9.08. The number of amides is 1. The smallest absolute Gasteiger partial charge is 0.264 e. The third-order valence-corrected chi connectivity index (χ3v) is 9.49. The normalized spacial score (nSPS) is 18.4. The molecule has 0 saturated carbocycles. The van der Waals surface area contributed by atoms with E-state index < -0.39 is 21.4 Å². The molecule has 0 N–H and O–H groups in total. The molecule has 0 aliphatic carbocycles. The number of halogens is 1. The highest BCUT2D eigenvalue weighted by Crippen LogP contribution is 2.24. The number of carbonyl (C=O) groups is 1. The number of carbonyl (C=O) groups excluding carboxylic acids is 1. The number of hydrogen-bond donors (Lipinski definition) is 0. The van der Waals surface area contributed by atoms with Gasteiger partial charge in [0.2, 0.25) is 15.0 Å². The molecule has 39 heavy (non-hydrogen) atoms. The number of sulfone groups is 1. The Bertz CT molecular complexity index is 1350. The summed E-state index contributed by atoms with van der Waals surface area (Å²) in [5.41, 5.74) is 0.690. The second-order valence-corrected chi connectivity index (χ2v) is 12.6. The van der Waals surface area contributed by atoms with Gasteiger partial charge in [0, 0.05) is 38.3 Å². The lowest BCUT2D eigenvalue weighted by Crippen LogP contribution is -2.43. The monoisotopic (exact) mass is 576 g/mol. The topological polar surface area (TPSA) is 94.0 Å². The largest absolute Gasteiger partial charge is 0.379 e. The maximum atomic E-state index is 14.3. The molecule has 2 fully saturated rings. The third kappa shape index (κ3) is 6.93. The average Bonchev–Trinajstić information content (AvgIpc) is 3.72. The van der Waals surface area contributed by atoms with Gasteiger partial charge in [0.05, 0.1) is 54.9 Å². The number of ether oxygens (including phenoxy) is 2. The number of morpholine rings is 1. The van der Waals surface area contributed by atoms with Crippen LogP contribution in [0.2, 0.25) is 0 Å². The van der Waals surface area contributed by atoms with Crippen molar-refractivity contribution in [2.45, 2.75) is 42.9 Å². The lowest BCUT2D eigenvalue weighted by Gasteiger charge is -2.30. The summed E-state index contributed by atoms with van der Waals surface area (Å²) in [4.78, 5) is 22.4. The van der Waals surface area contributed by atoms with Crippen LogP contribution in [0.5, 0.6) is 0 Å². The predicted octanol–water partition coefficient (Wildman–Crippen LogP) is 3.21. The van der Waals surface area contributed by atoms with Crippen molar-refractivity contribution in [3.63, 3.8) is 0 Å². The summed E-state index contributed by atoms with van der Waals surface area (Å²) in [6.07, 6.45) is 3.07. The van der Waals surface area contributed by atoms with Crippen LogP contribution >= 0.6 is 11.3 Å². The van der Waals surface area contributed by atoms with E-state index in [9.17, 15) is 17.6 Å². The van der Waals surface area contributed by atoms with E-state index in [2.05, 4.69) is 9.88 Å². The van der Waals surface area contributed by atoms with Gasteiger partial charge in [0.25, 0.3) is 5.91 Å². The van der Waals surface area contributed by atoms with Crippen molar-refractivity contribution in [1.82, 2.24) is 19.4 Å². The number of imidazole rings is 1. The van der Waals surface area contributed by atoms with Gasteiger partial charge in [-0.25, -0.2) is 17.8 Å². The van der Waals surface area contributed by atoms with Crippen molar-refractivity contribution < 1.29 is 27.1 Å². The zero-order valence-electron chi connectivity index (χ0n) is 21.7. The maximum absolute atomic E-state index is 14.3. The Hall–Kier alpha value is -2.64. The summed E-state index contributed by atoms with van der Waals surface area (Å²) in [7, 11) is -3.98. The highest BCUT2D eigenvalue weighted by Gasteiger charge is 2.29. The van der Waals surface area contributed by atoms with Crippen LogP contribution in [-0.4, -0.2) is 85.8 Å². The molecule has 1 atom stereocenters. The van der Waals surface area contributed by atoms with Crippen LogP contribution in [0.1, 0.15) is 33.8 Å². The number of hydrogen-bond acceptors (Lipinski definition) is 8. The summed E-state index contributed by atoms with van der Waals surface area (Å²) >= 11 is 1.38. The fourth-order valence-electron chi connectivity index (χ4n) is 4.93. The quantitative estimate of drug-likeness (QED) is 0.346. The van der Waals surface area contributed by atoms with Gasteiger partial charge < -0.3 is 18.9 Å². The Balaban J connectivity index is 1.43. The first-order valence-corrected chi connectivity index (χ1v) is 15.7. The standard InChI is InChI=1S/C27H33FN4O5S2/c28-24-7-2-1-5-21(24)20-39(34,35)27-29-17-22(32(27)19-23-6-3-13-37-23)18-31(26(33)25-8-4-16-38-25)10-9-30-11-14-36-15-12-30/h1-2,4-5,7-8,16-17,23H,3,6,9-15,18-20H2/t23-/m1/s1. The molecule has 2 saturated heterocycles. The molecule has 2 aliphatic heterocycles. The molecule has 2 aromatic heterocycles. The van der Waals surface area contributed by atoms with Crippen LogP contribution in [0.25, 0.3) is 0 Å². The summed E-state index contributed by atoms with van der Waals surface area (Å²) in [5, 5.41) is 1.73. The van der Waals surface area contributed by atoms with Gasteiger partial charge in [-0.15, -0.1) is 11.3 Å². The van der Waals surface area contributed by atoms with Crippen molar-refractivity contribution in [3.8, 4) is 0 Å². The van der Waals surface area contributed by atoms with E-state index in [1.165, 1.54) is 35.7 Å². The van der Waals surface area contributed by atoms with Crippen LogP contribution in [0.15, 0.2) is 53.1 Å². The molecule has 3 aromatic rings. The highest BCUT2D eigenvalue weighted by molar-refractivity contribution is 7.90. The van der Waals surface area contributed by atoms with Gasteiger partial charge in [0.15, 0.2) is 0 Å². The second kappa shape index (κ2) is 12.7. The lowest BCUT2D eigenvalue weighted by molar-refractivity contribution is 0.0319. The number of thiophene rings is 1. The first-order chi connectivity index (χ1) is 18.9. The fourth-order valence-corrected chi connectivity index (χ4v) is 7.13. The second-order valence-electron chi connectivity index (χ2n) is 9.79. The highest BCUT2D eigenvalue weighted by atomic mass is 32.2. The fraction of sp³-hybridized carbons (Fsp3) is 0.481. The summed E-state index contributed by atoms with van der Waals surface area (Å²) in [5.74, 6) is -1.19. The Morgan fingerprint density at radius 3 is 2.69 bits per heavy atom. The first kappa shape index (κ1) is 27.9. The summed E-state index contributed by atoms with van der Waals surface area (Å²) < 4.78 is 54.3. The average molecular weight is 577 g/mol. The molecule has 1 amide bonds. The number of nitrogens with zero attached hydrogens (tertiary/aromatic N) is 4. The SMILES string of the molecule is O=C(c1cccs1)N(CCN1CCOCC1)Cc1cnc(S(=O)(=O)Cc2ccccc2F)n1C[C@H]1CCCO1. The molecule has 0 spiro atoms. The van der Waals surface area contributed by atoms with E-state index in [0.717, 1.165) is 25.9 Å². The predicted molar refractivity (Wildman–Crippen MR) is 145 cm³/mol. The lowest BCUT2D eigenvalue weighted by atomic mass is 10.2. The molecule has 5 rings (SSSR count). The molecule has 1 aromatic carbocycles. The molecule has 210 valence electrons. The van der Waals surface area contributed by atoms with Crippen LogP contribution in [-0.2, 0) is 38.2 Å². The van der Waals surface area contributed by atoms with Crippen molar-refractivity contribution in [2.75, 3.05) is 46.0 Å². The van der Waals surface area contributed by atoms with Gasteiger partial charge >= 0.3 is 0 Å². The summed E-state index contributed by atoms with van der Waals surface area (Å²) in [6, 6.07) is 9.49. The van der Waals surface area contributed by atoms with Crippen molar-refractivity contribution in [2.24, 2.45) is 0 Å². The molecule has 4 heterocycles. The van der Waals surface area contributed by atoms with Crippen LogP contribution < -0.4 is 0 Å². The van der Waals surface area contributed by atoms with Crippen molar-refractivity contribution in [1.29, 1.82) is 0 Å². The van der Waals surface area contributed by atoms with Crippen LogP contribution in [0.3, 0.4) is 0 Å². The van der Waals surface area contributed by atoms with E-state index in [1.54, 1.807) is 21.6 Å². The summed E-state index contributed by atoms with van der Waals surface area (Å²) in [6.45, 7) is 5.19. The molecule has 9 nitrogen and oxygen atoms in total.